The van der Waals surface area contributed by atoms with Crippen LogP contribution < -0.4 is 10.5 Å². The molecule has 1 atom stereocenters. The maximum absolute atomic E-state index is 12.7. The van der Waals surface area contributed by atoms with Crippen molar-refractivity contribution >= 4 is 15.9 Å². The van der Waals surface area contributed by atoms with Crippen LogP contribution in [0.5, 0.6) is 0 Å². The normalized spacial score (nSPS) is 18.8. The lowest BCUT2D eigenvalue weighted by atomic mass is 9.86. The topological polar surface area (TPSA) is 92.5 Å². The van der Waals surface area contributed by atoms with Gasteiger partial charge in [0.15, 0.2) is 0 Å². The Morgan fingerprint density at radius 2 is 1.80 bits per heavy atom. The number of benzene rings is 2. The number of primary sulfonamides is 1. The van der Waals surface area contributed by atoms with E-state index in [9.17, 15) is 13.2 Å². The van der Waals surface area contributed by atoms with E-state index in [2.05, 4.69) is 34.5 Å². The molecule has 1 amide bonds. The van der Waals surface area contributed by atoms with Gasteiger partial charge in [-0.3, -0.25) is 9.69 Å². The lowest BCUT2D eigenvalue weighted by molar-refractivity contribution is -0.123. The first kappa shape index (κ1) is 21.0. The monoisotopic (exact) mass is 427 g/mol. The third kappa shape index (κ3) is 5.09. The molecule has 0 radical (unpaired) electrons. The molecule has 3 N–H and O–H groups in total. The number of carbonyl (C=O) groups is 1. The summed E-state index contributed by atoms with van der Waals surface area (Å²) in [6, 6.07) is 16.0. The number of rotatable bonds is 8. The van der Waals surface area contributed by atoms with E-state index >= 15 is 0 Å². The zero-order valence-electron chi connectivity index (χ0n) is 17.1. The molecule has 0 saturated heterocycles. The predicted octanol–water partition coefficient (Wildman–Crippen LogP) is 2.53. The first-order valence-corrected chi connectivity index (χ1v) is 12.2. The predicted molar refractivity (Wildman–Crippen MR) is 116 cm³/mol. The number of nitrogens with two attached hydrogens (primary N) is 1. The molecule has 2 aromatic carbocycles. The van der Waals surface area contributed by atoms with Crippen LogP contribution in [0.1, 0.15) is 48.4 Å². The number of nitrogens with one attached hydrogen (secondary N) is 1. The largest absolute Gasteiger partial charge is 0.355 e. The Morgan fingerprint density at radius 1 is 1.07 bits per heavy atom. The van der Waals surface area contributed by atoms with Gasteiger partial charge in [0.2, 0.25) is 15.9 Å². The maximum atomic E-state index is 12.7. The summed E-state index contributed by atoms with van der Waals surface area (Å²) in [5.41, 5.74) is 3.77. The standard InChI is InChI=1S/C23H29N3O3S/c24-30(28,29)20-12-8-17(9-13-20)14-15-25-23(27)16-26(19-10-11-19)22-7-3-5-18-4-1-2-6-21(18)22/h1-2,4,6,8-9,12-13,19,22H,3,5,7,10-11,14-16H2,(H,25,27)(H2,24,28,29)/t22-/m1/s1. The van der Waals surface area contributed by atoms with Crippen molar-refractivity contribution in [3.05, 3.63) is 65.2 Å². The summed E-state index contributed by atoms with van der Waals surface area (Å²) in [6.07, 6.45) is 6.39. The van der Waals surface area contributed by atoms with E-state index in [-0.39, 0.29) is 10.8 Å². The van der Waals surface area contributed by atoms with Gasteiger partial charge in [-0.2, -0.15) is 0 Å². The van der Waals surface area contributed by atoms with E-state index < -0.39 is 10.0 Å². The number of hydrogen-bond acceptors (Lipinski definition) is 4. The average molecular weight is 428 g/mol. The zero-order valence-corrected chi connectivity index (χ0v) is 17.9. The number of hydrogen-bond donors (Lipinski definition) is 2. The van der Waals surface area contributed by atoms with Crippen LogP contribution in [0, 0.1) is 0 Å². The zero-order chi connectivity index (χ0) is 21.1. The van der Waals surface area contributed by atoms with Crippen LogP contribution in [0.4, 0.5) is 0 Å². The third-order valence-electron chi connectivity index (χ3n) is 6.07. The molecular formula is C23H29N3O3S. The Kier molecular flexibility index (Phi) is 6.22. The van der Waals surface area contributed by atoms with Crippen LogP contribution in [0.2, 0.25) is 0 Å². The molecule has 2 aromatic rings. The van der Waals surface area contributed by atoms with Gasteiger partial charge < -0.3 is 5.32 Å². The Hall–Kier alpha value is -2.22. The van der Waals surface area contributed by atoms with Crippen molar-refractivity contribution in [3.63, 3.8) is 0 Å². The number of fused-ring (bicyclic) bond motifs is 1. The highest BCUT2D eigenvalue weighted by molar-refractivity contribution is 7.89. The Morgan fingerprint density at radius 3 is 2.50 bits per heavy atom. The minimum Gasteiger partial charge on any atom is -0.355 e. The minimum atomic E-state index is -3.68. The second-order valence-corrected chi connectivity index (χ2v) is 9.86. The molecule has 1 saturated carbocycles. The smallest absolute Gasteiger partial charge is 0.238 e. The van der Waals surface area contributed by atoms with E-state index in [1.807, 2.05) is 0 Å². The van der Waals surface area contributed by atoms with Crippen LogP contribution in [0.15, 0.2) is 53.4 Å². The second kappa shape index (κ2) is 8.88. The van der Waals surface area contributed by atoms with Crippen molar-refractivity contribution < 1.29 is 13.2 Å². The molecular weight excluding hydrogens is 398 g/mol. The fourth-order valence-electron chi connectivity index (χ4n) is 4.39. The van der Waals surface area contributed by atoms with Gasteiger partial charge in [-0.15, -0.1) is 0 Å². The molecule has 0 aromatic heterocycles. The van der Waals surface area contributed by atoms with E-state index in [1.165, 1.54) is 42.5 Å². The van der Waals surface area contributed by atoms with Crippen LogP contribution >= 0.6 is 0 Å². The average Bonchev–Trinajstić information content (AvgIpc) is 3.57. The highest BCUT2D eigenvalue weighted by Crippen LogP contribution is 2.40. The lowest BCUT2D eigenvalue weighted by Crippen LogP contribution is -2.42. The molecule has 2 aliphatic rings. The SMILES string of the molecule is NS(=O)(=O)c1ccc(CCNC(=O)CN(C2CC2)[C@@H]2CCCc3ccccc32)cc1. The molecule has 30 heavy (non-hydrogen) atoms. The van der Waals surface area contributed by atoms with Crippen molar-refractivity contribution in [1.82, 2.24) is 10.2 Å². The second-order valence-electron chi connectivity index (χ2n) is 8.30. The summed E-state index contributed by atoms with van der Waals surface area (Å²) in [5, 5.41) is 8.15. The molecule has 7 heteroatoms. The van der Waals surface area contributed by atoms with Crippen LogP contribution in [0.3, 0.4) is 0 Å². The first-order valence-electron chi connectivity index (χ1n) is 10.6. The number of sulfonamides is 1. The lowest BCUT2D eigenvalue weighted by Gasteiger charge is -2.35. The molecule has 0 aliphatic heterocycles. The van der Waals surface area contributed by atoms with Gasteiger partial charge >= 0.3 is 0 Å². The van der Waals surface area contributed by atoms with Gasteiger partial charge in [0.05, 0.1) is 11.4 Å². The molecule has 2 aliphatic carbocycles. The number of carbonyl (C=O) groups excluding carboxylic acids is 1. The van der Waals surface area contributed by atoms with Gasteiger partial charge in [0.25, 0.3) is 0 Å². The molecule has 160 valence electrons. The van der Waals surface area contributed by atoms with E-state index in [0.29, 0.717) is 31.6 Å². The highest BCUT2D eigenvalue weighted by Gasteiger charge is 2.37. The van der Waals surface area contributed by atoms with Gasteiger partial charge in [-0.05, 0) is 67.3 Å². The molecule has 0 heterocycles. The summed E-state index contributed by atoms with van der Waals surface area (Å²) in [5.74, 6) is 0.0473. The van der Waals surface area contributed by atoms with Gasteiger partial charge in [0, 0.05) is 18.6 Å². The van der Waals surface area contributed by atoms with E-state index in [0.717, 1.165) is 18.4 Å². The third-order valence-corrected chi connectivity index (χ3v) is 7.00. The van der Waals surface area contributed by atoms with Crippen molar-refractivity contribution in [2.45, 2.75) is 55.5 Å². The van der Waals surface area contributed by atoms with Gasteiger partial charge in [0.1, 0.15) is 0 Å². The Balaban J connectivity index is 1.33. The molecule has 1 fully saturated rings. The molecule has 0 bridgehead atoms. The molecule has 0 unspecified atom stereocenters. The minimum absolute atomic E-state index is 0.0473. The summed E-state index contributed by atoms with van der Waals surface area (Å²) in [4.78, 5) is 15.2. The van der Waals surface area contributed by atoms with Gasteiger partial charge in [-0.25, -0.2) is 13.6 Å². The summed E-state index contributed by atoms with van der Waals surface area (Å²) >= 11 is 0. The van der Waals surface area contributed by atoms with Crippen molar-refractivity contribution in [2.24, 2.45) is 5.14 Å². The van der Waals surface area contributed by atoms with Crippen LogP contribution in [-0.2, 0) is 27.7 Å². The number of aryl methyl sites for hydroxylation is 1. The number of nitrogens with zero attached hydrogens (tertiary/aromatic N) is 1. The fourth-order valence-corrected chi connectivity index (χ4v) is 4.90. The van der Waals surface area contributed by atoms with Crippen molar-refractivity contribution in [1.29, 1.82) is 0 Å². The van der Waals surface area contributed by atoms with Crippen LogP contribution in [-0.4, -0.2) is 38.4 Å². The Bertz CT molecular complexity index is 1000. The first-order chi connectivity index (χ1) is 14.4. The molecule has 6 nitrogen and oxygen atoms in total. The van der Waals surface area contributed by atoms with E-state index in [1.54, 1.807) is 12.1 Å². The summed E-state index contributed by atoms with van der Waals surface area (Å²) in [6.45, 7) is 0.946. The van der Waals surface area contributed by atoms with E-state index in [4.69, 9.17) is 5.14 Å². The summed E-state index contributed by atoms with van der Waals surface area (Å²) in [7, 11) is -3.68. The maximum Gasteiger partial charge on any atom is 0.238 e. The van der Waals surface area contributed by atoms with Crippen molar-refractivity contribution in [3.8, 4) is 0 Å². The molecule has 0 spiro atoms. The summed E-state index contributed by atoms with van der Waals surface area (Å²) < 4.78 is 22.7. The highest BCUT2D eigenvalue weighted by atomic mass is 32.2. The van der Waals surface area contributed by atoms with Crippen LogP contribution in [0.25, 0.3) is 0 Å². The molecule has 4 rings (SSSR count). The quantitative estimate of drug-likeness (QED) is 0.677. The number of amides is 1. The van der Waals surface area contributed by atoms with Gasteiger partial charge in [-0.1, -0.05) is 36.4 Å². The Labute approximate surface area is 178 Å². The fraction of sp³-hybridized carbons (Fsp3) is 0.435. The van der Waals surface area contributed by atoms with Crippen molar-refractivity contribution in [2.75, 3.05) is 13.1 Å².